The van der Waals surface area contributed by atoms with E-state index in [1.165, 1.54) is 41.4 Å². The van der Waals surface area contributed by atoms with Crippen molar-refractivity contribution in [3.63, 3.8) is 0 Å². The van der Waals surface area contributed by atoms with E-state index in [9.17, 15) is 21.2 Å². The molecule has 40 heavy (non-hydrogen) atoms. The van der Waals surface area contributed by atoms with Gasteiger partial charge >= 0.3 is 0 Å². The van der Waals surface area contributed by atoms with E-state index in [1.54, 1.807) is 17.0 Å². The number of hydrazone groups is 1. The molecule has 0 amide bonds. The van der Waals surface area contributed by atoms with Gasteiger partial charge in [0, 0.05) is 24.0 Å². The first-order valence-corrected chi connectivity index (χ1v) is 16.0. The fraction of sp³-hybridized carbons (Fsp3) is 0.259. The fourth-order valence-corrected chi connectivity index (χ4v) is 6.88. The third-order valence-corrected chi connectivity index (χ3v) is 9.91. The van der Waals surface area contributed by atoms with E-state index in [1.807, 2.05) is 30.3 Å². The molecule has 3 aromatic rings. The minimum Gasteiger partial charge on any atom is -0.340 e. The normalized spacial score (nSPS) is 19.1. The quantitative estimate of drug-likeness (QED) is 0.349. The van der Waals surface area contributed by atoms with Crippen LogP contribution in [0.2, 0.25) is 5.02 Å². The Balaban J connectivity index is 1.58. The molecule has 9 nitrogen and oxygen atoms in total. The highest BCUT2D eigenvalue weighted by Crippen LogP contribution is 2.31. The molecule has 0 spiro atoms. The molecule has 2 heterocycles. The number of rotatable bonds is 5. The Morgan fingerprint density at radius 2 is 1.55 bits per heavy atom. The number of benzene rings is 3. The molecule has 0 unspecified atom stereocenters. The Kier molecular flexibility index (Phi) is 7.96. The molecule has 0 saturated carbocycles. The number of halogens is 2. The van der Waals surface area contributed by atoms with Gasteiger partial charge in [0.1, 0.15) is 5.82 Å². The molecular formula is C27H27ClFN5O4S2. The van der Waals surface area contributed by atoms with Crippen LogP contribution in [0.1, 0.15) is 29.9 Å². The number of primary sulfonamides is 1. The summed E-state index contributed by atoms with van der Waals surface area (Å²) in [5, 5.41) is 11.4. The number of sulfonamides is 2. The smallest absolute Gasteiger partial charge is 0.285 e. The molecule has 13 heteroatoms. The average molecular weight is 604 g/mol. The Morgan fingerprint density at radius 3 is 2.15 bits per heavy atom. The van der Waals surface area contributed by atoms with E-state index in [-0.39, 0.29) is 55.1 Å². The van der Waals surface area contributed by atoms with Crippen molar-refractivity contribution in [1.29, 1.82) is 0 Å². The number of hydrogen-bond acceptors (Lipinski definition) is 5. The first-order chi connectivity index (χ1) is 19.0. The van der Waals surface area contributed by atoms with Crippen LogP contribution >= 0.6 is 11.6 Å². The van der Waals surface area contributed by atoms with E-state index in [2.05, 4.69) is 4.40 Å². The summed E-state index contributed by atoms with van der Waals surface area (Å²) < 4.78 is 68.7. The number of hydrogen-bond donors (Lipinski definition) is 1. The van der Waals surface area contributed by atoms with Crippen molar-refractivity contribution >= 4 is 43.3 Å². The van der Waals surface area contributed by atoms with E-state index in [0.717, 1.165) is 5.56 Å². The zero-order valence-electron chi connectivity index (χ0n) is 21.3. The van der Waals surface area contributed by atoms with E-state index >= 15 is 0 Å². The second kappa shape index (κ2) is 11.3. The third-order valence-electron chi connectivity index (χ3n) is 6.99. The highest BCUT2D eigenvalue weighted by Gasteiger charge is 2.37. The maximum atomic E-state index is 13.7. The van der Waals surface area contributed by atoms with Crippen LogP contribution in [0.15, 0.2) is 93.3 Å². The van der Waals surface area contributed by atoms with Gasteiger partial charge in [-0.1, -0.05) is 54.1 Å². The molecule has 210 valence electrons. The molecule has 1 saturated heterocycles. The number of nitrogens with two attached hydrogens (primary N) is 1. The molecule has 0 radical (unpaired) electrons. The van der Waals surface area contributed by atoms with Crippen LogP contribution in [0.4, 0.5) is 4.39 Å². The lowest BCUT2D eigenvalue weighted by atomic mass is 9.91. The van der Waals surface area contributed by atoms with Gasteiger partial charge in [0.25, 0.3) is 10.0 Å². The van der Waals surface area contributed by atoms with Crippen molar-refractivity contribution in [2.24, 2.45) is 14.6 Å². The van der Waals surface area contributed by atoms with Crippen LogP contribution in [0.5, 0.6) is 0 Å². The van der Waals surface area contributed by atoms with Crippen molar-refractivity contribution < 1.29 is 21.2 Å². The van der Waals surface area contributed by atoms with Gasteiger partial charge in [-0.25, -0.2) is 23.0 Å². The largest absolute Gasteiger partial charge is 0.340 e. The van der Waals surface area contributed by atoms with Gasteiger partial charge in [-0.05, 0) is 60.4 Å². The molecule has 0 bridgehead atoms. The first kappa shape index (κ1) is 28.2. The maximum absolute atomic E-state index is 13.7. The summed E-state index contributed by atoms with van der Waals surface area (Å²) in [6, 6.07) is 21.2. The Bertz CT molecular complexity index is 1640. The van der Waals surface area contributed by atoms with Crippen LogP contribution < -0.4 is 5.14 Å². The van der Waals surface area contributed by atoms with Crippen molar-refractivity contribution in [3.05, 3.63) is 101 Å². The van der Waals surface area contributed by atoms with Crippen LogP contribution in [-0.4, -0.2) is 63.3 Å². The van der Waals surface area contributed by atoms with E-state index in [4.69, 9.17) is 21.8 Å². The summed E-state index contributed by atoms with van der Waals surface area (Å²) in [6.45, 7) is 0.689. The molecule has 2 N–H and O–H groups in total. The lowest BCUT2D eigenvalue weighted by Crippen LogP contribution is -2.49. The van der Waals surface area contributed by atoms with Crippen molar-refractivity contribution in [3.8, 4) is 0 Å². The van der Waals surface area contributed by atoms with Crippen molar-refractivity contribution in [1.82, 2.24) is 9.91 Å². The SMILES string of the molecule is NS(=O)(=O)C1CCN(/C(=N/S(=O)(=O)c2ccc(Cl)cc2)N2C[C@@H](c3ccccc3)C(c3ccc(F)cc3)=N2)CC1. The minimum absolute atomic E-state index is 0.0460. The summed E-state index contributed by atoms with van der Waals surface area (Å²) in [5.41, 5.74) is 2.26. The number of guanidine groups is 1. The van der Waals surface area contributed by atoms with Gasteiger partial charge in [0.2, 0.25) is 16.0 Å². The van der Waals surface area contributed by atoms with Crippen LogP contribution in [-0.2, 0) is 20.0 Å². The van der Waals surface area contributed by atoms with Gasteiger partial charge in [-0.2, -0.15) is 13.5 Å². The summed E-state index contributed by atoms with van der Waals surface area (Å²) in [7, 11) is -7.93. The monoisotopic (exact) mass is 603 g/mol. The maximum Gasteiger partial charge on any atom is 0.285 e. The highest BCUT2D eigenvalue weighted by molar-refractivity contribution is 7.90. The number of likely N-dealkylation sites (tertiary alicyclic amines) is 1. The predicted octanol–water partition coefficient (Wildman–Crippen LogP) is 3.78. The minimum atomic E-state index is -4.19. The predicted molar refractivity (Wildman–Crippen MR) is 153 cm³/mol. The van der Waals surface area contributed by atoms with Gasteiger partial charge in [0.15, 0.2) is 0 Å². The van der Waals surface area contributed by atoms with Crippen molar-refractivity contribution in [2.45, 2.75) is 28.9 Å². The average Bonchev–Trinajstić information content (AvgIpc) is 3.38. The molecular weight excluding hydrogens is 577 g/mol. The second-order valence-electron chi connectivity index (χ2n) is 9.63. The molecule has 3 aromatic carbocycles. The molecule has 1 fully saturated rings. The molecule has 0 aromatic heterocycles. The summed E-state index contributed by atoms with van der Waals surface area (Å²) in [5.74, 6) is -0.581. The fourth-order valence-electron chi connectivity index (χ4n) is 4.87. The summed E-state index contributed by atoms with van der Waals surface area (Å²) >= 11 is 5.95. The summed E-state index contributed by atoms with van der Waals surface area (Å²) in [6.07, 6.45) is 0.423. The molecule has 1 atom stereocenters. The first-order valence-electron chi connectivity index (χ1n) is 12.6. The Hall–Kier alpha value is -3.32. The summed E-state index contributed by atoms with van der Waals surface area (Å²) in [4.78, 5) is 1.67. The zero-order chi connectivity index (χ0) is 28.5. The highest BCUT2D eigenvalue weighted by atomic mass is 35.5. The molecule has 0 aliphatic carbocycles. The van der Waals surface area contributed by atoms with Crippen LogP contribution in [0, 0.1) is 5.82 Å². The Morgan fingerprint density at radius 1 is 0.925 bits per heavy atom. The Labute approximate surface area is 237 Å². The topological polar surface area (TPSA) is 126 Å². The van der Waals surface area contributed by atoms with Crippen LogP contribution in [0.3, 0.4) is 0 Å². The lowest BCUT2D eigenvalue weighted by Gasteiger charge is -2.35. The van der Waals surface area contributed by atoms with E-state index < -0.39 is 25.3 Å². The molecule has 2 aliphatic heterocycles. The van der Waals surface area contributed by atoms with Gasteiger partial charge in [0.05, 0.1) is 22.4 Å². The van der Waals surface area contributed by atoms with Crippen molar-refractivity contribution in [2.75, 3.05) is 19.6 Å². The second-order valence-corrected chi connectivity index (χ2v) is 13.5. The molecule has 5 rings (SSSR count). The van der Waals surface area contributed by atoms with Gasteiger partial charge in [-0.15, -0.1) is 4.40 Å². The standard InChI is InChI=1S/C27H27ClFN5O4S2/c28-21-8-12-24(13-9-21)40(37,38)32-27(33-16-14-23(15-17-33)39(30,35)36)34-18-25(19-4-2-1-3-5-19)26(31-34)20-6-10-22(29)11-7-20/h1-13,23,25H,14-18H2,(H2,30,35,36)/b32-27-/t25-/m0/s1. The van der Waals surface area contributed by atoms with Gasteiger partial charge in [-0.3, -0.25) is 0 Å². The number of nitrogens with zero attached hydrogens (tertiary/aromatic N) is 4. The molecule has 2 aliphatic rings. The zero-order valence-corrected chi connectivity index (χ0v) is 23.7. The van der Waals surface area contributed by atoms with Gasteiger partial charge < -0.3 is 4.90 Å². The third kappa shape index (κ3) is 6.20. The lowest BCUT2D eigenvalue weighted by molar-refractivity contribution is 0.291. The van der Waals surface area contributed by atoms with E-state index in [0.29, 0.717) is 16.3 Å². The van der Waals surface area contributed by atoms with Crippen LogP contribution in [0.25, 0.3) is 0 Å². The number of piperidine rings is 1.